The minimum Gasteiger partial charge on any atom is -0.507 e. The highest BCUT2D eigenvalue weighted by Gasteiger charge is 2.32. The summed E-state index contributed by atoms with van der Waals surface area (Å²) >= 11 is 0. The van der Waals surface area contributed by atoms with Gasteiger partial charge in [-0.2, -0.15) is 0 Å². The molecule has 0 saturated heterocycles. The van der Waals surface area contributed by atoms with Crippen LogP contribution in [0.15, 0.2) is 42.5 Å². The van der Waals surface area contributed by atoms with E-state index in [2.05, 4.69) is 84.0 Å². The van der Waals surface area contributed by atoms with Gasteiger partial charge in [0.05, 0.1) is 0 Å². The number of hydrogen-bond donors (Lipinski definition) is 1. The largest absolute Gasteiger partial charge is 0.507 e. The summed E-state index contributed by atoms with van der Waals surface area (Å²) < 4.78 is 0. The molecule has 0 saturated carbocycles. The number of hydrogen-bond acceptors (Lipinski definition) is 1. The molecule has 3 rings (SSSR count). The molecule has 144 valence electrons. The highest BCUT2D eigenvalue weighted by Crippen LogP contribution is 2.47. The third-order valence-electron chi connectivity index (χ3n) is 6.18. The third kappa shape index (κ3) is 3.45. The number of fused-ring (bicyclic) bond motifs is 3. The standard InChI is InChI=1S/C26H34O/c1-7-15-25(3,4)22-17-21-19-12-10-9-11-18(19)13-14-20(21)23(24(22)27)26(5,6)16-8-2/h9-14,17,27H,7-8,15-16H2,1-6H3. The van der Waals surface area contributed by atoms with Crippen molar-refractivity contribution in [3.63, 3.8) is 0 Å². The molecule has 1 N–H and O–H groups in total. The Morgan fingerprint density at radius 1 is 0.741 bits per heavy atom. The molecule has 1 heteroatoms. The summed E-state index contributed by atoms with van der Waals surface area (Å²) in [5, 5.41) is 16.5. The molecule has 0 aromatic heterocycles. The van der Waals surface area contributed by atoms with Gasteiger partial charge in [0.25, 0.3) is 0 Å². The zero-order chi connectivity index (χ0) is 19.8. The molecule has 0 atom stereocenters. The van der Waals surface area contributed by atoms with Gasteiger partial charge < -0.3 is 5.11 Å². The quantitative estimate of drug-likeness (QED) is 0.442. The average molecular weight is 363 g/mol. The lowest BCUT2D eigenvalue weighted by Gasteiger charge is -2.33. The molecule has 0 heterocycles. The predicted octanol–water partition coefficient (Wildman–Crippen LogP) is 7.85. The highest BCUT2D eigenvalue weighted by molar-refractivity contribution is 6.09. The normalized spacial score (nSPS) is 12.8. The molecule has 0 radical (unpaired) electrons. The van der Waals surface area contributed by atoms with E-state index in [0.717, 1.165) is 36.8 Å². The molecular weight excluding hydrogens is 328 g/mol. The van der Waals surface area contributed by atoms with Crippen LogP contribution in [0.2, 0.25) is 0 Å². The fraction of sp³-hybridized carbons (Fsp3) is 0.462. The Kier molecular flexibility index (Phi) is 5.25. The van der Waals surface area contributed by atoms with Gasteiger partial charge in [-0.3, -0.25) is 0 Å². The van der Waals surface area contributed by atoms with E-state index >= 15 is 0 Å². The maximum Gasteiger partial charge on any atom is 0.123 e. The lowest BCUT2D eigenvalue weighted by atomic mass is 9.72. The van der Waals surface area contributed by atoms with Crippen LogP contribution in [0, 0.1) is 0 Å². The van der Waals surface area contributed by atoms with E-state index in [1.54, 1.807) is 0 Å². The first-order valence-electron chi connectivity index (χ1n) is 10.4. The van der Waals surface area contributed by atoms with Crippen molar-refractivity contribution in [2.24, 2.45) is 0 Å². The summed E-state index contributed by atoms with van der Waals surface area (Å²) in [6.45, 7) is 13.5. The lowest BCUT2D eigenvalue weighted by molar-refractivity contribution is 0.391. The van der Waals surface area contributed by atoms with Gasteiger partial charge in [-0.25, -0.2) is 0 Å². The van der Waals surface area contributed by atoms with Crippen LogP contribution >= 0.6 is 0 Å². The number of rotatable bonds is 6. The van der Waals surface area contributed by atoms with Gasteiger partial charge in [0.15, 0.2) is 0 Å². The van der Waals surface area contributed by atoms with Crippen molar-refractivity contribution >= 4 is 21.5 Å². The second kappa shape index (κ2) is 7.19. The van der Waals surface area contributed by atoms with Crippen LogP contribution in [0.5, 0.6) is 5.75 Å². The van der Waals surface area contributed by atoms with Gasteiger partial charge in [0, 0.05) is 11.1 Å². The summed E-state index contributed by atoms with van der Waals surface area (Å²) in [4.78, 5) is 0. The second-order valence-corrected chi connectivity index (χ2v) is 9.30. The van der Waals surface area contributed by atoms with E-state index in [0.29, 0.717) is 5.75 Å². The smallest absolute Gasteiger partial charge is 0.123 e. The van der Waals surface area contributed by atoms with Crippen molar-refractivity contribution in [1.29, 1.82) is 0 Å². The number of benzene rings is 3. The van der Waals surface area contributed by atoms with Gasteiger partial charge in [-0.05, 0) is 51.3 Å². The van der Waals surface area contributed by atoms with Crippen molar-refractivity contribution in [2.45, 2.75) is 78.1 Å². The Morgan fingerprint density at radius 2 is 1.37 bits per heavy atom. The lowest BCUT2D eigenvalue weighted by Crippen LogP contribution is -2.22. The van der Waals surface area contributed by atoms with Crippen molar-refractivity contribution in [2.75, 3.05) is 0 Å². The van der Waals surface area contributed by atoms with Crippen LogP contribution < -0.4 is 0 Å². The molecule has 0 spiro atoms. The minimum atomic E-state index is -0.0716. The fourth-order valence-corrected chi connectivity index (χ4v) is 4.85. The third-order valence-corrected chi connectivity index (χ3v) is 6.18. The first-order chi connectivity index (χ1) is 12.7. The maximum atomic E-state index is 11.5. The molecule has 0 aliphatic rings. The van der Waals surface area contributed by atoms with Gasteiger partial charge in [-0.15, -0.1) is 0 Å². The molecule has 1 nitrogen and oxygen atoms in total. The molecule has 0 bridgehead atoms. The van der Waals surface area contributed by atoms with Crippen LogP contribution in [0.4, 0.5) is 0 Å². The monoisotopic (exact) mass is 362 g/mol. The van der Waals surface area contributed by atoms with Crippen LogP contribution in [0.1, 0.15) is 78.4 Å². The SMILES string of the molecule is CCCC(C)(C)c1cc2c(ccc3ccccc32)c(C(C)(C)CCC)c1O. The minimum absolute atomic E-state index is 0.0546. The van der Waals surface area contributed by atoms with Gasteiger partial charge >= 0.3 is 0 Å². The van der Waals surface area contributed by atoms with Crippen LogP contribution in [0.25, 0.3) is 21.5 Å². The molecule has 0 unspecified atom stereocenters. The average Bonchev–Trinajstić information content (AvgIpc) is 2.60. The van der Waals surface area contributed by atoms with E-state index in [9.17, 15) is 5.11 Å². The molecule has 0 amide bonds. The number of phenolic OH excluding ortho intramolecular Hbond substituents is 1. The molecular formula is C26H34O. The Labute approximate surface area is 164 Å². The Balaban J connectivity index is 2.47. The van der Waals surface area contributed by atoms with Crippen LogP contribution in [-0.4, -0.2) is 5.11 Å². The van der Waals surface area contributed by atoms with E-state index in [1.165, 1.54) is 21.5 Å². The first-order valence-corrected chi connectivity index (χ1v) is 10.4. The Morgan fingerprint density at radius 3 is 2.04 bits per heavy atom. The van der Waals surface area contributed by atoms with E-state index in [1.807, 2.05) is 0 Å². The Bertz CT molecular complexity index is 963. The number of aromatic hydroxyl groups is 1. The topological polar surface area (TPSA) is 20.2 Å². The zero-order valence-electron chi connectivity index (χ0n) is 17.8. The molecule has 3 aromatic rings. The van der Waals surface area contributed by atoms with Gasteiger partial charge in [0.1, 0.15) is 5.75 Å². The maximum absolute atomic E-state index is 11.5. The second-order valence-electron chi connectivity index (χ2n) is 9.30. The van der Waals surface area contributed by atoms with Crippen molar-refractivity contribution < 1.29 is 5.11 Å². The van der Waals surface area contributed by atoms with Crippen molar-refractivity contribution in [1.82, 2.24) is 0 Å². The summed E-state index contributed by atoms with van der Waals surface area (Å²) in [6.07, 6.45) is 4.32. The van der Waals surface area contributed by atoms with Gasteiger partial charge in [0.2, 0.25) is 0 Å². The van der Waals surface area contributed by atoms with Gasteiger partial charge in [-0.1, -0.05) is 90.8 Å². The van der Waals surface area contributed by atoms with Crippen LogP contribution in [0.3, 0.4) is 0 Å². The van der Waals surface area contributed by atoms with E-state index in [-0.39, 0.29) is 10.8 Å². The summed E-state index contributed by atoms with van der Waals surface area (Å²) in [7, 11) is 0. The Hall–Kier alpha value is -2.02. The van der Waals surface area contributed by atoms with Crippen LogP contribution in [-0.2, 0) is 10.8 Å². The van der Waals surface area contributed by atoms with Crippen molar-refractivity contribution in [3.8, 4) is 5.75 Å². The van der Waals surface area contributed by atoms with E-state index in [4.69, 9.17) is 0 Å². The first kappa shape index (κ1) is 19.7. The highest BCUT2D eigenvalue weighted by atomic mass is 16.3. The molecule has 0 aliphatic carbocycles. The molecule has 3 aromatic carbocycles. The molecule has 0 fully saturated rings. The van der Waals surface area contributed by atoms with Crippen molar-refractivity contribution in [3.05, 3.63) is 53.6 Å². The summed E-state index contributed by atoms with van der Waals surface area (Å²) in [6, 6.07) is 15.3. The zero-order valence-corrected chi connectivity index (χ0v) is 17.8. The fourth-order valence-electron chi connectivity index (χ4n) is 4.85. The summed E-state index contributed by atoms with van der Waals surface area (Å²) in [5.41, 5.74) is 2.08. The summed E-state index contributed by atoms with van der Waals surface area (Å²) in [5.74, 6) is 0.509. The molecule has 27 heavy (non-hydrogen) atoms. The predicted molar refractivity (Wildman–Crippen MR) is 119 cm³/mol. The molecule has 0 aliphatic heterocycles. The van der Waals surface area contributed by atoms with E-state index < -0.39 is 0 Å². The number of phenols is 1.